The average molecular weight is 258 g/mol. The van der Waals surface area contributed by atoms with E-state index in [1.54, 1.807) is 19.0 Å². The number of nitrogens with zero attached hydrogens (tertiary/aromatic N) is 1. The molecule has 1 aromatic carbocycles. The molecule has 19 heavy (non-hydrogen) atoms. The van der Waals surface area contributed by atoms with Crippen molar-refractivity contribution in [2.24, 2.45) is 0 Å². The third kappa shape index (κ3) is 2.03. The fourth-order valence-corrected chi connectivity index (χ4v) is 2.69. The second kappa shape index (κ2) is 4.40. The van der Waals surface area contributed by atoms with E-state index in [9.17, 15) is 9.82 Å². The van der Waals surface area contributed by atoms with Crippen molar-refractivity contribution < 1.29 is 14.9 Å². The van der Waals surface area contributed by atoms with Gasteiger partial charge in [-0.05, 0) is 43.6 Å². The molecule has 1 aromatic heterocycles. The lowest BCUT2D eigenvalue weighted by Gasteiger charge is -2.27. The van der Waals surface area contributed by atoms with Crippen LogP contribution in [0.3, 0.4) is 0 Å². The Kier molecular flexibility index (Phi) is 2.84. The van der Waals surface area contributed by atoms with Gasteiger partial charge in [0.1, 0.15) is 0 Å². The van der Waals surface area contributed by atoms with Crippen molar-refractivity contribution in [3.63, 3.8) is 0 Å². The third-order valence-corrected chi connectivity index (χ3v) is 3.78. The number of nitrogens with one attached hydrogen (secondary N) is 1. The zero-order valence-corrected chi connectivity index (χ0v) is 10.7. The summed E-state index contributed by atoms with van der Waals surface area (Å²) in [4.78, 5) is 16.4. The Morgan fingerprint density at radius 3 is 2.95 bits per heavy atom. The quantitative estimate of drug-likeness (QED) is 0.710. The Morgan fingerprint density at radius 1 is 1.47 bits per heavy atom. The van der Waals surface area contributed by atoms with Crippen molar-refractivity contribution in [3.05, 3.63) is 35.0 Å². The number of H-pyrrole nitrogens is 1. The molecule has 0 radical (unpaired) electrons. The average Bonchev–Trinajstić information content (AvgIpc) is 2.75. The molecule has 1 aliphatic heterocycles. The van der Waals surface area contributed by atoms with Crippen LogP contribution in [0.2, 0.25) is 6.82 Å². The summed E-state index contributed by atoms with van der Waals surface area (Å²) in [6.07, 6.45) is 0.845. The van der Waals surface area contributed by atoms with Crippen molar-refractivity contribution in [1.29, 1.82) is 0 Å². The number of carboxylic acid groups (broad SMARTS) is 1. The first kappa shape index (κ1) is 12.3. The van der Waals surface area contributed by atoms with Crippen LogP contribution in [0.1, 0.15) is 21.6 Å². The Morgan fingerprint density at radius 2 is 2.26 bits per heavy atom. The van der Waals surface area contributed by atoms with Gasteiger partial charge in [0.05, 0.1) is 5.56 Å². The molecule has 0 spiro atoms. The maximum atomic E-state index is 11.0. The molecule has 0 unspecified atom stereocenters. The van der Waals surface area contributed by atoms with Crippen LogP contribution in [0.15, 0.2) is 18.2 Å². The van der Waals surface area contributed by atoms with Gasteiger partial charge in [-0.15, -0.1) is 0 Å². The smallest absolute Gasteiger partial charge is 0.376 e. The van der Waals surface area contributed by atoms with Gasteiger partial charge in [0.15, 0.2) is 0 Å². The van der Waals surface area contributed by atoms with Crippen molar-refractivity contribution in [3.8, 4) is 0 Å². The minimum absolute atomic E-state index is 0.295. The highest BCUT2D eigenvalue weighted by atomic mass is 16.4. The van der Waals surface area contributed by atoms with Crippen molar-refractivity contribution in [2.45, 2.75) is 19.8 Å². The highest BCUT2D eigenvalue weighted by molar-refractivity contribution is 6.45. The van der Waals surface area contributed by atoms with Crippen LogP contribution in [-0.2, 0) is 13.0 Å². The summed E-state index contributed by atoms with van der Waals surface area (Å²) in [5.41, 5.74) is 3.51. The molecule has 98 valence electrons. The zero-order valence-electron chi connectivity index (χ0n) is 10.7. The monoisotopic (exact) mass is 258 g/mol. The number of carbonyl (C=O) groups is 1. The van der Waals surface area contributed by atoms with Crippen LogP contribution < -0.4 is 0 Å². The first-order valence-electron chi connectivity index (χ1n) is 6.35. The van der Waals surface area contributed by atoms with Gasteiger partial charge in [-0.25, -0.2) is 4.79 Å². The van der Waals surface area contributed by atoms with E-state index >= 15 is 0 Å². The van der Waals surface area contributed by atoms with Gasteiger partial charge in [0.2, 0.25) is 0 Å². The summed E-state index contributed by atoms with van der Waals surface area (Å²) < 4.78 is 0. The summed E-state index contributed by atoms with van der Waals surface area (Å²) in [5.74, 6) is -0.917. The van der Waals surface area contributed by atoms with Gasteiger partial charge in [0, 0.05) is 23.1 Å². The molecular formula is C13H15BN2O3. The Hall–Kier alpha value is -1.79. The van der Waals surface area contributed by atoms with Crippen LogP contribution in [0.25, 0.3) is 10.9 Å². The number of fused-ring (bicyclic) bond motifs is 3. The summed E-state index contributed by atoms with van der Waals surface area (Å²) in [5, 5.41) is 19.7. The lowest BCUT2D eigenvalue weighted by molar-refractivity contribution is 0.0697. The van der Waals surface area contributed by atoms with Crippen LogP contribution in [0.4, 0.5) is 0 Å². The second-order valence-electron chi connectivity index (χ2n) is 5.00. The summed E-state index contributed by atoms with van der Waals surface area (Å²) in [6.45, 7) is 3.21. The van der Waals surface area contributed by atoms with E-state index in [0.29, 0.717) is 12.1 Å². The normalized spacial score (nSPS) is 15.5. The highest BCUT2D eigenvalue weighted by Crippen LogP contribution is 2.28. The number of hydrogen-bond acceptors (Lipinski definition) is 3. The van der Waals surface area contributed by atoms with Gasteiger partial charge in [0.25, 0.3) is 0 Å². The molecule has 0 atom stereocenters. The molecular weight excluding hydrogens is 243 g/mol. The zero-order chi connectivity index (χ0) is 13.6. The van der Waals surface area contributed by atoms with Gasteiger partial charge in [-0.3, -0.25) is 0 Å². The Balaban J connectivity index is 2.10. The van der Waals surface area contributed by atoms with E-state index in [2.05, 4.69) is 4.98 Å². The first-order valence-corrected chi connectivity index (χ1v) is 6.35. The first-order chi connectivity index (χ1) is 9.06. The number of aromatic carboxylic acids is 1. The lowest BCUT2D eigenvalue weighted by atomic mass is 9.82. The SMILES string of the molecule is CB(O)N1CCc2[nH]c3ccc(C(=O)O)cc3c2C1. The number of aromatic amines is 1. The molecule has 0 saturated carbocycles. The van der Waals surface area contributed by atoms with E-state index in [-0.39, 0.29) is 0 Å². The van der Waals surface area contributed by atoms with E-state index in [0.717, 1.165) is 35.1 Å². The molecule has 1 aliphatic rings. The van der Waals surface area contributed by atoms with Crippen LogP contribution in [-0.4, -0.2) is 39.5 Å². The molecule has 5 nitrogen and oxygen atoms in total. The lowest BCUT2D eigenvalue weighted by Crippen LogP contribution is -2.40. The maximum Gasteiger partial charge on any atom is 0.376 e. The van der Waals surface area contributed by atoms with E-state index in [1.165, 1.54) is 0 Å². The Bertz CT molecular complexity index is 651. The van der Waals surface area contributed by atoms with Crippen LogP contribution in [0.5, 0.6) is 0 Å². The van der Waals surface area contributed by atoms with Crippen molar-refractivity contribution >= 4 is 23.9 Å². The predicted octanol–water partition coefficient (Wildman–Crippen LogP) is 1.33. The van der Waals surface area contributed by atoms with Gasteiger partial charge >= 0.3 is 13.0 Å². The fraction of sp³-hybridized carbons (Fsp3) is 0.308. The number of aromatic nitrogens is 1. The molecule has 3 rings (SSSR count). The largest absolute Gasteiger partial charge is 0.478 e. The van der Waals surface area contributed by atoms with E-state index in [4.69, 9.17) is 5.11 Å². The third-order valence-electron chi connectivity index (χ3n) is 3.78. The van der Waals surface area contributed by atoms with Crippen molar-refractivity contribution in [2.75, 3.05) is 6.54 Å². The molecule has 0 aliphatic carbocycles. The molecule has 2 aromatic rings. The van der Waals surface area contributed by atoms with Crippen LogP contribution in [0, 0.1) is 0 Å². The number of rotatable bonds is 2. The summed E-state index contributed by atoms with van der Waals surface area (Å²) >= 11 is 0. The second-order valence-corrected chi connectivity index (χ2v) is 5.00. The minimum Gasteiger partial charge on any atom is -0.478 e. The minimum atomic E-state index is -0.917. The summed E-state index contributed by atoms with van der Waals surface area (Å²) in [7, 11) is -0.485. The molecule has 3 N–H and O–H groups in total. The summed E-state index contributed by atoms with van der Waals surface area (Å²) in [6, 6.07) is 5.13. The molecule has 0 amide bonds. The van der Waals surface area contributed by atoms with Gasteiger partial charge in [-0.2, -0.15) is 0 Å². The van der Waals surface area contributed by atoms with Crippen molar-refractivity contribution in [1.82, 2.24) is 9.79 Å². The molecule has 0 fully saturated rings. The number of hydrogen-bond donors (Lipinski definition) is 3. The number of benzene rings is 1. The van der Waals surface area contributed by atoms with Gasteiger partial charge in [-0.1, -0.05) is 0 Å². The highest BCUT2D eigenvalue weighted by Gasteiger charge is 2.25. The standard InChI is InChI=1S/C13H15BN2O3/c1-14(19)16-5-4-12-10(7-16)9-6-8(13(17)18)2-3-11(9)15-12/h2-3,6,15,19H,4-5,7H2,1H3,(H,17,18). The van der Waals surface area contributed by atoms with E-state index < -0.39 is 13.0 Å². The Labute approximate surface area is 111 Å². The predicted molar refractivity (Wildman–Crippen MR) is 73.2 cm³/mol. The molecule has 0 saturated heterocycles. The fourth-order valence-electron chi connectivity index (χ4n) is 2.69. The van der Waals surface area contributed by atoms with Crippen LogP contribution >= 0.6 is 0 Å². The number of carboxylic acids is 1. The topological polar surface area (TPSA) is 76.6 Å². The molecule has 2 heterocycles. The van der Waals surface area contributed by atoms with E-state index in [1.807, 2.05) is 10.9 Å². The molecule has 6 heteroatoms. The molecule has 0 bridgehead atoms. The van der Waals surface area contributed by atoms with Gasteiger partial charge < -0.3 is 19.9 Å². The maximum absolute atomic E-state index is 11.0.